The summed E-state index contributed by atoms with van der Waals surface area (Å²) < 4.78 is 16.7. The Bertz CT molecular complexity index is 378. The van der Waals surface area contributed by atoms with E-state index >= 15 is 0 Å². The molecule has 0 bridgehead atoms. The number of unbranched alkanes of at least 4 members (excludes halogenated alkanes) is 8. The van der Waals surface area contributed by atoms with Gasteiger partial charge >= 0.3 is 5.97 Å². The van der Waals surface area contributed by atoms with Gasteiger partial charge in [-0.2, -0.15) is 0 Å². The first-order chi connectivity index (χ1) is 11.6. The van der Waals surface area contributed by atoms with Gasteiger partial charge in [-0.1, -0.05) is 65.2 Å². The van der Waals surface area contributed by atoms with E-state index in [-0.39, 0.29) is 12.6 Å². The summed E-state index contributed by atoms with van der Waals surface area (Å²) in [4.78, 5) is 11.7. The smallest absolute Gasteiger partial charge is 0.306 e. The summed E-state index contributed by atoms with van der Waals surface area (Å²) in [6.45, 7) is 6.53. The zero-order chi connectivity index (χ0) is 17.7. The van der Waals surface area contributed by atoms with Crippen molar-refractivity contribution in [2.75, 3.05) is 6.61 Å². The maximum absolute atomic E-state index is 11.7. The second-order valence-corrected chi connectivity index (χ2v) is 6.93. The van der Waals surface area contributed by atoms with Crippen LogP contribution in [0.4, 0.5) is 0 Å². The molecule has 1 aliphatic heterocycles. The Kier molecular flexibility index (Phi) is 10.6. The highest BCUT2D eigenvalue weighted by Crippen LogP contribution is 2.30. The first-order valence-corrected chi connectivity index (χ1v) is 9.81. The van der Waals surface area contributed by atoms with Crippen molar-refractivity contribution < 1.29 is 19.0 Å². The molecule has 4 nitrogen and oxygen atoms in total. The predicted octanol–water partition coefficient (Wildman–Crippen LogP) is 5.86. The zero-order valence-electron chi connectivity index (χ0n) is 15.9. The van der Waals surface area contributed by atoms with Crippen molar-refractivity contribution in [3.8, 4) is 0 Å². The highest BCUT2D eigenvalue weighted by molar-refractivity contribution is 5.69. The van der Waals surface area contributed by atoms with Gasteiger partial charge in [0.2, 0.25) is 5.79 Å². The van der Waals surface area contributed by atoms with E-state index in [4.69, 9.17) is 14.2 Å². The van der Waals surface area contributed by atoms with Crippen LogP contribution in [0, 0.1) is 0 Å². The summed E-state index contributed by atoms with van der Waals surface area (Å²) in [6.07, 6.45) is 14.7. The summed E-state index contributed by atoms with van der Waals surface area (Å²) in [5, 5.41) is 0. The average molecular weight is 341 g/mol. The van der Waals surface area contributed by atoms with Crippen LogP contribution in [0.25, 0.3) is 0 Å². The van der Waals surface area contributed by atoms with Crippen LogP contribution in [0.1, 0.15) is 97.8 Å². The summed E-state index contributed by atoms with van der Waals surface area (Å²) in [5.41, 5.74) is 0. The van der Waals surface area contributed by atoms with Gasteiger partial charge in [-0.3, -0.25) is 4.79 Å². The van der Waals surface area contributed by atoms with E-state index in [2.05, 4.69) is 13.8 Å². The number of hydrogen-bond acceptors (Lipinski definition) is 4. The molecule has 1 heterocycles. The molecule has 0 saturated heterocycles. The number of ether oxygens (including phenoxy) is 3. The molecule has 1 rings (SSSR count). The third-order valence-corrected chi connectivity index (χ3v) is 4.38. The van der Waals surface area contributed by atoms with Gasteiger partial charge in [-0.25, -0.2) is 0 Å². The van der Waals surface area contributed by atoms with Gasteiger partial charge in [0.1, 0.15) is 6.26 Å². The molecular weight excluding hydrogens is 304 g/mol. The molecule has 0 aromatic heterocycles. The molecule has 0 saturated carbocycles. The van der Waals surface area contributed by atoms with Crippen LogP contribution in [0.5, 0.6) is 0 Å². The SMILES string of the molecule is CCCCCCCC(=O)OCC1=COC(C)(CCCCCCC)O1. The van der Waals surface area contributed by atoms with Crippen molar-refractivity contribution in [1.82, 2.24) is 0 Å². The van der Waals surface area contributed by atoms with Crippen molar-refractivity contribution in [1.29, 1.82) is 0 Å². The third kappa shape index (κ3) is 9.19. The molecule has 0 fully saturated rings. The third-order valence-electron chi connectivity index (χ3n) is 4.38. The van der Waals surface area contributed by atoms with Gasteiger partial charge in [0, 0.05) is 19.8 Å². The van der Waals surface area contributed by atoms with E-state index in [1.807, 2.05) is 6.92 Å². The maximum atomic E-state index is 11.7. The first-order valence-electron chi connectivity index (χ1n) is 9.81. The van der Waals surface area contributed by atoms with Crippen molar-refractivity contribution in [2.24, 2.45) is 0 Å². The molecule has 1 unspecified atom stereocenters. The Balaban J connectivity index is 2.09. The maximum Gasteiger partial charge on any atom is 0.306 e. The van der Waals surface area contributed by atoms with Crippen LogP contribution in [0.3, 0.4) is 0 Å². The molecule has 0 aromatic rings. The van der Waals surface area contributed by atoms with Crippen molar-refractivity contribution in [3.05, 3.63) is 12.0 Å². The molecular formula is C20H36O4. The minimum atomic E-state index is -0.589. The number of hydrogen-bond donors (Lipinski definition) is 0. The van der Waals surface area contributed by atoms with Crippen LogP contribution in [0.15, 0.2) is 12.0 Å². The van der Waals surface area contributed by atoms with Crippen LogP contribution in [0.2, 0.25) is 0 Å². The van der Waals surface area contributed by atoms with Crippen LogP contribution < -0.4 is 0 Å². The Morgan fingerprint density at radius 2 is 1.62 bits per heavy atom. The van der Waals surface area contributed by atoms with Gasteiger partial charge in [0.15, 0.2) is 12.4 Å². The summed E-state index contributed by atoms with van der Waals surface area (Å²) in [7, 11) is 0. The lowest BCUT2D eigenvalue weighted by molar-refractivity contribution is -0.153. The fourth-order valence-electron chi connectivity index (χ4n) is 2.84. The molecule has 1 aliphatic rings. The summed E-state index contributed by atoms with van der Waals surface area (Å²) in [6, 6.07) is 0. The highest BCUT2D eigenvalue weighted by atomic mass is 16.7. The second-order valence-electron chi connectivity index (χ2n) is 6.93. The van der Waals surface area contributed by atoms with E-state index in [0.29, 0.717) is 12.2 Å². The molecule has 0 spiro atoms. The normalized spacial score (nSPS) is 19.5. The summed E-state index contributed by atoms with van der Waals surface area (Å²) >= 11 is 0. The molecule has 140 valence electrons. The molecule has 24 heavy (non-hydrogen) atoms. The molecule has 4 heteroatoms. The van der Waals surface area contributed by atoms with Crippen molar-refractivity contribution >= 4 is 5.97 Å². The van der Waals surface area contributed by atoms with Gasteiger partial charge < -0.3 is 14.2 Å². The number of carbonyl (C=O) groups excluding carboxylic acids is 1. The second kappa shape index (κ2) is 12.2. The van der Waals surface area contributed by atoms with Crippen LogP contribution >= 0.6 is 0 Å². The van der Waals surface area contributed by atoms with Gasteiger partial charge in [-0.05, 0) is 12.8 Å². The molecule has 0 radical (unpaired) electrons. The van der Waals surface area contributed by atoms with Crippen molar-refractivity contribution in [2.45, 2.75) is 104 Å². The Morgan fingerprint density at radius 3 is 2.29 bits per heavy atom. The Hall–Kier alpha value is -1.19. The van der Waals surface area contributed by atoms with E-state index in [0.717, 1.165) is 25.7 Å². The first kappa shape index (κ1) is 20.9. The highest BCUT2D eigenvalue weighted by Gasteiger charge is 2.33. The zero-order valence-corrected chi connectivity index (χ0v) is 15.9. The fraction of sp³-hybridized carbons (Fsp3) is 0.850. The lowest BCUT2D eigenvalue weighted by atomic mass is 10.1. The topological polar surface area (TPSA) is 44.8 Å². The largest absolute Gasteiger partial charge is 0.457 e. The van der Waals surface area contributed by atoms with E-state index in [1.165, 1.54) is 44.9 Å². The standard InChI is InChI=1S/C20H36O4/c1-4-6-8-10-12-14-19(21)22-16-18-17-23-20(3,24-18)15-13-11-9-7-5-2/h17H,4-16H2,1-3H3. The lowest BCUT2D eigenvalue weighted by Crippen LogP contribution is -2.26. The lowest BCUT2D eigenvalue weighted by Gasteiger charge is -2.24. The van der Waals surface area contributed by atoms with Crippen molar-refractivity contribution in [3.63, 3.8) is 0 Å². The average Bonchev–Trinajstić information content (AvgIpc) is 2.94. The quantitative estimate of drug-likeness (QED) is 0.294. The van der Waals surface area contributed by atoms with Gasteiger partial charge in [0.05, 0.1) is 0 Å². The number of rotatable bonds is 14. The van der Waals surface area contributed by atoms with Crippen LogP contribution in [-0.2, 0) is 19.0 Å². The fourth-order valence-corrected chi connectivity index (χ4v) is 2.84. The Labute approximate surface area is 147 Å². The van der Waals surface area contributed by atoms with E-state index in [9.17, 15) is 4.79 Å². The van der Waals surface area contributed by atoms with E-state index in [1.54, 1.807) is 6.26 Å². The van der Waals surface area contributed by atoms with Crippen LogP contribution in [-0.4, -0.2) is 18.4 Å². The van der Waals surface area contributed by atoms with Gasteiger partial charge in [0.25, 0.3) is 0 Å². The molecule has 0 aromatic carbocycles. The molecule has 0 amide bonds. The Morgan fingerprint density at radius 1 is 1.00 bits per heavy atom. The monoisotopic (exact) mass is 340 g/mol. The van der Waals surface area contributed by atoms with Gasteiger partial charge in [-0.15, -0.1) is 0 Å². The number of esters is 1. The summed E-state index contributed by atoms with van der Waals surface area (Å²) in [5.74, 6) is -0.122. The minimum Gasteiger partial charge on any atom is -0.457 e. The predicted molar refractivity (Wildman–Crippen MR) is 96.4 cm³/mol. The minimum absolute atomic E-state index is 0.149. The molecule has 1 atom stereocenters. The molecule has 0 aliphatic carbocycles. The number of carbonyl (C=O) groups is 1. The van der Waals surface area contributed by atoms with E-state index < -0.39 is 5.79 Å². The molecule has 0 N–H and O–H groups in total.